The van der Waals surface area contributed by atoms with Gasteiger partial charge in [0.15, 0.2) is 0 Å². The molecule has 1 rings (SSSR count). The van der Waals surface area contributed by atoms with Crippen LogP contribution in [0.25, 0.3) is 0 Å². The molecule has 0 aliphatic carbocycles. The molecule has 1 aromatic rings. The van der Waals surface area contributed by atoms with Gasteiger partial charge in [-0.05, 0) is 18.9 Å². The van der Waals surface area contributed by atoms with Crippen LogP contribution in [0.2, 0.25) is 0 Å². The second-order valence-electron chi connectivity index (χ2n) is 7.84. The topological polar surface area (TPSA) is 182 Å². The van der Waals surface area contributed by atoms with Gasteiger partial charge in [0.05, 0.1) is 26.4 Å². The predicted molar refractivity (Wildman–Crippen MR) is 133 cm³/mol. The van der Waals surface area contributed by atoms with Gasteiger partial charge in [0, 0.05) is 12.0 Å². The molecule has 3 amide bonds. The lowest BCUT2D eigenvalue weighted by Gasteiger charge is -2.17. The lowest BCUT2D eigenvalue weighted by molar-refractivity contribution is -0.146. The average Bonchev–Trinajstić information content (AvgIpc) is 2.89. The van der Waals surface area contributed by atoms with E-state index in [9.17, 15) is 24.0 Å². The Labute approximate surface area is 220 Å². The highest BCUT2D eigenvalue weighted by atomic mass is 16.6. The van der Waals surface area contributed by atoms with Crippen LogP contribution in [0.5, 0.6) is 0 Å². The van der Waals surface area contributed by atoms with Gasteiger partial charge in [-0.25, -0.2) is 9.59 Å². The van der Waals surface area contributed by atoms with Gasteiger partial charge in [0.25, 0.3) is 0 Å². The maximum Gasteiger partial charge on any atom is 0.408 e. The van der Waals surface area contributed by atoms with E-state index in [0.29, 0.717) is 5.57 Å². The van der Waals surface area contributed by atoms with Crippen LogP contribution in [0.3, 0.4) is 0 Å². The second kappa shape index (κ2) is 19.2. The van der Waals surface area contributed by atoms with Crippen molar-refractivity contribution in [3.8, 4) is 0 Å². The number of primary amides is 1. The highest BCUT2D eigenvalue weighted by Crippen LogP contribution is 2.03. The number of carbonyl (C=O) groups is 5. The van der Waals surface area contributed by atoms with Crippen LogP contribution < -0.4 is 16.4 Å². The molecule has 210 valence electrons. The van der Waals surface area contributed by atoms with E-state index in [0.717, 1.165) is 5.56 Å². The van der Waals surface area contributed by atoms with Crippen LogP contribution in [0, 0.1) is 0 Å². The third-order valence-electron chi connectivity index (χ3n) is 4.58. The monoisotopic (exact) mass is 537 g/mol. The lowest BCUT2D eigenvalue weighted by atomic mass is 10.1. The summed E-state index contributed by atoms with van der Waals surface area (Å²) >= 11 is 0. The molecule has 1 aromatic carbocycles. The Morgan fingerprint density at radius 3 is 2.11 bits per heavy atom. The number of nitrogens with two attached hydrogens (primary N) is 1. The molecule has 0 bridgehead atoms. The summed E-state index contributed by atoms with van der Waals surface area (Å²) < 4.78 is 25.4. The molecule has 0 fully saturated rings. The van der Waals surface area contributed by atoms with E-state index in [1.165, 1.54) is 0 Å². The van der Waals surface area contributed by atoms with E-state index in [1.807, 2.05) is 6.07 Å². The fraction of sp³-hybridized carbons (Fsp3) is 0.480. The molecule has 1 atom stereocenters. The smallest absolute Gasteiger partial charge is 0.408 e. The Morgan fingerprint density at radius 2 is 1.50 bits per heavy atom. The van der Waals surface area contributed by atoms with Crippen molar-refractivity contribution < 1.29 is 47.7 Å². The largest absolute Gasteiger partial charge is 0.462 e. The Hall–Kier alpha value is -3.97. The number of esters is 2. The number of carbonyl (C=O) groups excluding carboxylic acids is 5. The molecule has 0 aromatic heterocycles. The number of amides is 3. The SMILES string of the molecule is C=C(C)C(=O)OCCOCCOCCOC(=O)CNC(=O)[C@H](CCC(N)=O)NC(=O)OCc1ccccc1. The number of hydrogen-bond acceptors (Lipinski definition) is 10. The maximum absolute atomic E-state index is 12.5. The molecule has 13 nitrogen and oxygen atoms in total. The lowest BCUT2D eigenvalue weighted by Crippen LogP contribution is -2.48. The van der Waals surface area contributed by atoms with Crippen molar-refractivity contribution in [1.82, 2.24) is 10.6 Å². The van der Waals surface area contributed by atoms with Gasteiger partial charge in [-0.2, -0.15) is 0 Å². The molecule has 0 unspecified atom stereocenters. The molecule has 0 aliphatic heterocycles. The minimum Gasteiger partial charge on any atom is -0.462 e. The molecular formula is C25H35N3O10. The van der Waals surface area contributed by atoms with Gasteiger partial charge in [0.2, 0.25) is 11.8 Å². The van der Waals surface area contributed by atoms with Crippen molar-refractivity contribution in [3.05, 3.63) is 48.0 Å². The predicted octanol–water partition coefficient (Wildman–Crippen LogP) is 0.359. The summed E-state index contributed by atoms with van der Waals surface area (Å²) in [5.74, 6) is -2.57. The summed E-state index contributed by atoms with van der Waals surface area (Å²) in [5, 5.41) is 4.71. The number of ether oxygens (including phenoxy) is 5. The van der Waals surface area contributed by atoms with E-state index >= 15 is 0 Å². The molecule has 0 saturated heterocycles. The Bertz CT molecular complexity index is 923. The first-order valence-electron chi connectivity index (χ1n) is 11.9. The first-order chi connectivity index (χ1) is 18.2. The van der Waals surface area contributed by atoms with Crippen LogP contribution in [0.4, 0.5) is 4.79 Å². The Balaban J connectivity index is 2.23. The molecule has 0 radical (unpaired) electrons. The van der Waals surface area contributed by atoms with E-state index < -0.39 is 42.4 Å². The van der Waals surface area contributed by atoms with Crippen LogP contribution in [0.1, 0.15) is 25.3 Å². The molecule has 0 saturated carbocycles. The zero-order valence-corrected chi connectivity index (χ0v) is 21.4. The quantitative estimate of drug-likeness (QED) is 0.0964. The summed E-state index contributed by atoms with van der Waals surface area (Å²) in [6.45, 7) is 5.37. The summed E-state index contributed by atoms with van der Waals surface area (Å²) in [6.07, 6.45) is -1.11. The standard InChI is InChI=1S/C25H35N3O10/c1-18(2)24(32)37-15-13-35-11-10-34-12-14-36-22(30)16-27-23(31)20(8-9-21(26)29)28-25(33)38-17-19-6-4-3-5-7-19/h3-7,20H,1,8-17H2,2H3,(H2,26,29)(H,27,31)(H,28,33)/t20-/m0/s1. The zero-order valence-electron chi connectivity index (χ0n) is 21.4. The van der Waals surface area contributed by atoms with Gasteiger partial charge in [-0.3, -0.25) is 14.4 Å². The Kier molecular flexibility index (Phi) is 16.2. The molecule has 4 N–H and O–H groups in total. The summed E-state index contributed by atoms with van der Waals surface area (Å²) in [7, 11) is 0. The molecule has 0 aliphatic rings. The summed E-state index contributed by atoms with van der Waals surface area (Å²) in [4.78, 5) is 58.7. The van der Waals surface area contributed by atoms with Crippen molar-refractivity contribution in [2.24, 2.45) is 5.73 Å². The number of nitrogens with one attached hydrogen (secondary N) is 2. The van der Waals surface area contributed by atoms with Crippen LogP contribution in [-0.4, -0.2) is 82.1 Å². The van der Waals surface area contributed by atoms with Crippen LogP contribution in [0.15, 0.2) is 42.5 Å². The number of rotatable bonds is 19. The number of alkyl carbamates (subject to hydrolysis) is 1. The second-order valence-corrected chi connectivity index (χ2v) is 7.84. The third-order valence-corrected chi connectivity index (χ3v) is 4.58. The van der Waals surface area contributed by atoms with Gasteiger partial charge >= 0.3 is 18.0 Å². The molecule has 38 heavy (non-hydrogen) atoms. The number of hydrogen-bond donors (Lipinski definition) is 3. The average molecular weight is 538 g/mol. The highest BCUT2D eigenvalue weighted by Gasteiger charge is 2.23. The van der Waals surface area contributed by atoms with Crippen LogP contribution in [-0.2, 0) is 49.5 Å². The molecule has 13 heteroatoms. The first kappa shape index (κ1) is 32.1. The minimum absolute atomic E-state index is 0.0117. The van der Waals surface area contributed by atoms with E-state index in [-0.39, 0.29) is 59.1 Å². The van der Waals surface area contributed by atoms with Gasteiger partial charge in [-0.15, -0.1) is 0 Å². The van der Waals surface area contributed by atoms with Crippen molar-refractivity contribution in [3.63, 3.8) is 0 Å². The zero-order chi connectivity index (χ0) is 28.2. The van der Waals surface area contributed by atoms with Crippen molar-refractivity contribution >= 4 is 29.8 Å². The maximum atomic E-state index is 12.5. The fourth-order valence-corrected chi connectivity index (χ4v) is 2.65. The van der Waals surface area contributed by atoms with Gasteiger partial charge in [0.1, 0.15) is 32.4 Å². The van der Waals surface area contributed by atoms with Crippen LogP contribution >= 0.6 is 0 Å². The fourth-order valence-electron chi connectivity index (χ4n) is 2.65. The third kappa shape index (κ3) is 15.9. The van der Waals surface area contributed by atoms with E-state index in [1.54, 1.807) is 31.2 Å². The highest BCUT2D eigenvalue weighted by molar-refractivity contribution is 5.89. The van der Waals surface area contributed by atoms with E-state index in [4.69, 9.17) is 29.4 Å². The van der Waals surface area contributed by atoms with Crippen molar-refractivity contribution in [2.75, 3.05) is 46.2 Å². The van der Waals surface area contributed by atoms with Gasteiger partial charge < -0.3 is 40.1 Å². The molecule has 0 spiro atoms. The van der Waals surface area contributed by atoms with E-state index in [2.05, 4.69) is 17.2 Å². The number of benzene rings is 1. The first-order valence-corrected chi connectivity index (χ1v) is 11.9. The molecular weight excluding hydrogens is 502 g/mol. The summed E-state index contributed by atoms with van der Waals surface area (Å²) in [5.41, 5.74) is 6.20. The Morgan fingerprint density at radius 1 is 0.895 bits per heavy atom. The van der Waals surface area contributed by atoms with Gasteiger partial charge in [-0.1, -0.05) is 36.9 Å². The normalized spacial score (nSPS) is 11.1. The van der Waals surface area contributed by atoms with Crippen molar-refractivity contribution in [2.45, 2.75) is 32.4 Å². The molecule has 0 heterocycles. The minimum atomic E-state index is -1.15. The summed E-state index contributed by atoms with van der Waals surface area (Å²) in [6, 6.07) is 7.78. The van der Waals surface area contributed by atoms with Crippen molar-refractivity contribution in [1.29, 1.82) is 0 Å².